The lowest BCUT2D eigenvalue weighted by Gasteiger charge is -2.39. The van der Waals surface area contributed by atoms with Crippen molar-refractivity contribution in [2.45, 2.75) is 44.1 Å². The number of nitrogens with zero attached hydrogens (tertiary/aromatic N) is 2. The van der Waals surface area contributed by atoms with Gasteiger partial charge in [0, 0.05) is 42.0 Å². The number of aromatic amines is 1. The minimum Gasteiger partial charge on any atom is -0.358 e. The lowest BCUT2D eigenvalue weighted by Crippen LogP contribution is -2.56. The van der Waals surface area contributed by atoms with Gasteiger partial charge in [0.15, 0.2) is 0 Å². The van der Waals surface area contributed by atoms with Gasteiger partial charge >= 0.3 is 0 Å². The number of hydroxylamine groups is 1. The summed E-state index contributed by atoms with van der Waals surface area (Å²) in [6.07, 6.45) is 3.28. The molecular formula is C21H27ClN4O4S. The van der Waals surface area contributed by atoms with Gasteiger partial charge in [-0.25, -0.2) is 5.48 Å². The predicted molar refractivity (Wildman–Crippen MR) is 118 cm³/mol. The Morgan fingerprint density at radius 1 is 1.03 bits per heavy atom. The molecule has 0 radical (unpaired) electrons. The zero-order chi connectivity index (χ0) is 22.0. The van der Waals surface area contributed by atoms with Gasteiger partial charge in [0.1, 0.15) is 6.04 Å². The van der Waals surface area contributed by atoms with Gasteiger partial charge in [0.05, 0.1) is 0 Å². The van der Waals surface area contributed by atoms with Crippen LogP contribution in [0.5, 0.6) is 0 Å². The summed E-state index contributed by atoms with van der Waals surface area (Å²) in [5, 5.41) is 9.69. The number of nitrogens with one attached hydrogen (secondary N) is 2. The van der Waals surface area contributed by atoms with Crippen molar-refractivity contribution in [2.24, 2.45) is 0 Å². The molecule has 168 valence electrons. The van der Waals surface area contributed by atoms with Gasteiger partial charge in [-0.2, -0.15) is 17.0 Å². The molecule has 1 atom stereocenters. The van der Waals surface area contributed by atoms with Gasteiger partial charge in [-0.05, 0) is 55.5 Å². The largest absolute Gasteiger partial charge is 0.358 e. The molecule has 8 nitrogen and oxygen atoms in total. The van der Waals surface area contributed by atoms with E-state index in [-0.39, 0.29) is 5.92 Å². The predicted octanol–water partition coefficient (Wildman–Crippen LogP) is 3.12. The molecule has 1 aromatic carbocycles. The second-order valence-electron chi connectivity index (χ2n) is 8.11. The van der Waals surface area contributed by atoms with Crippen molar-refractivity contribution in [1.82, 2.24) is 19.1 Å². The first-order valence-electron chi connectivity index (χ1n) is 10.6. The third kappa shape index (κ3) is 4.65. The standard InChI is InChI=1S/C21H27ClN4O4S/c22-17-6-4-15(5-7-17)18-8-9-19(23-18)16-10-13-25(14-11-16)31(29,30)26-12-2-1-3-20(26)21(27)24-28/h4-9,16,20,23,28H,1-3,10-14H2,(H,24,27). The molecule has 3 N–H and O–H groups in total. The number of piperidine rings is 2. The summed E-state index contributed by atoms with van der Waals surface area (Å²) >= 11 is 5.97. The maximum absolute atomic E-state index is 13.2. The van der Waals surface area contributed by atoms with Gasteiger partial charge in [0.25, 0.3) is 16.1 Å². The molecule has 2 aliphatic heterocycles. The number of H-pyrrole nitrogens is 1. The molecule has 1 unspecified atom stereocenters. The molecule has 31 heavy (non-hydrogen) atoms. The average Bonchev–Trinajstić information content (AvgIpc) is 3.29. The molecule has 2 saturated heterocycles. The first kappa shape index (κ1) is 22.3. The molecule has 0 saturated carbocycles. The molecule has 2 aliphatic rings. The third-order valence-electron chi connectivity index (χ3n) is 6.25. The Labute approximate surface area is 187 Å². The van der Waals surface area contributed by atoms with Gasteiger partial charge in [-0.1, -0.05) is 30.2 Å². The van der Waals surface area contributed by atoms with Crippen molar-refractivity contribution in [3.8, 4) is 11.3 Å². The number of hydrogen-bond acceptors (Lipinski definition) is 4. The normalized spacial score (nSPS) is 21.8. The molecule has 0 spiro atoms. The Hall–Kier alpha value is -1.91. The van der Waals surface area contributed by atoms with Crippen LogP contribution in [0, 0.1) is 0 Å². The summed E-state index contributed by atoms with van der Waals surface area (Å²) in [6, 6.07) is 10.9. The first-order valence-corrected chi connectivity index (χ1v) is 12.3. The van der Waals surface area contributed by atoms with E-state index >= 15 is 0 Å². The van der Waals surface area contributed by atoms with Crippen LogP contribution in [-0.4, -0.2) is 58.8 Å². The fourth-order valence-electron chi connectivity index (χ4n) is 4.51. The van der Waals surface area contributed by atoms with Gasteiger partial charge in [0.2, 0.25) is 0 Å². The zero-order valence-electron chi connectivity index (χ0n) is 17.1. The monoisotopic (exact) mass is 466 g/mol. The Morgan fingerprint density at radius 3 is 2.42 bits per heavy atom. The van der Waals surface area contributed by atoms with Gasteiger partial charge in [-0.15, -0.1) is 0 Å². The topological polar surface area (TPSA) is 106 Å². The van der Waals surface area contributed by atoms with E-state index in [1.54, 1.807) is 5.48 Å². The summed E-state index contributed by atoms with van der Waals surface area (Å²) in [4.78, 5) is 15.4. The molecule has 0 aliphatic carbocycles. The van der Waals surface area contributed by atoms with E-state index < -0.39 is 22.2 Å². The van der Waals surface area contributed by atoms with Crippen molar-refractivity contribution in [3.63, 3.8) is 0 Å². The fourth-order valence-corrected chi connectivity index (χ4v) is 6.49. The maximum atomic E-state index is 13.2. The van der Waals surface area contributed by atoms with Crippen LogP contribution in [0.2, 0.25) is 5.02 Å². The number of rotatable bonds is 5. The zero-order valence-corrected chi connectivity index (χ0v) is 18.7. The number of amides is 1. The molecule has 3 heterocycles. The highest BCUT2D eigenvalue weighted by Crippen LogP contribution is 2.32. The van der Waals surface area contributed by atoms with Crippen LogP contribution in [0.4, 0.5) is 0 Å². The summed E-state index contributed by atoms with van der Waals surface area (Å²) in [5.74, 6) is -0.426. The minimum absolute atomic E-state index is 0.241. The highest BCUT2D eigenvalue weighted by atomic mass is 35.5. The molecule has 4 rings (SSSR count). The van der Waals surface area contributed by atoms with Crippen LogP contribution in [0.25, 0.3) is 11.3 Å². The summed E-state index contributed by atoms with van der Waals surface area (Å²) in [6.45, 7) is 1.08. The second kappa shape index (κ2) is 9.30. The van der Waals surface area contributed by atoms with Gasteiger partial charge < -0.3 is 4.98 Å². The molecular weight excluding hydrogens is 440 g/mol. The molecule has 1 aromatic heterocycles. The van der Waals surface area contributed by atoms with E-state index in [1.165, 1.54) is 8.61 Å². The SMILES string of the molecule is O=C(NO)C1CCCCN1S(=O)(=O)N1CCC(c2ccc(-c3ccc(Cl)cc3)[nH]2)CC1. The number of carbonyl (C=O) groups excluding carboxylic acids is 1. The van der Waals surface area contributed by atoms with E-state index in [0.29, 0.717) is 50.3 Å². The second-order valence-corrected chi connectivity index (χ2v) is 10.4. The van der Waals surface area contributed by atoms with Crippen molar-refractivity contribution in [3.05, 3.63) is 47.1 Å². The quantitative estimate of drug-likeness (QED) is 0.465. The van der Waals surface area contributed by atoms with Crippen molar-refractivity contribution < 1.29 is 18.4 Å². The summed E-state index contributed by atoms with van der Waals surface area (Å²) < 4.78 is 29.1. The Bertz CT molecular complexity index is 1020. The van der Waals surface area contributed by atoms with Crippen molar-refractivity contribution in [2.75, 3.05) is 19.6 Å². The van der Waals surface area contributed by atoms with E-state index in [2.05, 4.69) is 11.1 Å². The van der Waals surface area contributed by atoms with Crippen LogP contribution in [0.15, 0.2) is 36.4 Å². The molecule has 2 fully saturated rings. The first-order chi connectivity index (χ1) is 14.9. The fraction of sp³-hybridized carbons (Fsp3) is 0.476. The highest BCUT2D eigenvalue weighted by Gasteiger charge is 2.41. The Kier molecular flexibility index (Phi) is 6.68. The van der Waals surface area contributed by atoms with E-state index in [0.717, 1.165) is 23.4 Å². The molecule has 1 amide bonds. The van der Waals surface area contributed by atoms with Crippen LogP contribution in [0.1, 0.15) is 43.7 Å². The smallest absolute Gasteiger partial charge is 0.282 e. The lowest BCUT2D eigenvalue weighted by atomic mass is 9.95. The lowest BCUT2D eigenvalue weighted by molar-refractivity contribution is -0.134. The molecule has 0 bridgehead atoms. The number of halogens is 1. The van der Waals surface area contributed by atoms with E-state index in [9.17, 15) is 13.2 Å². The van der Waals surface area contributed by atoms with Gasteiger partial charge in [-0.3, -0.25) is 10.0 Å². The van der Waals surface area contributed by atoms with Crippen LogP contribution in [0.3, 0.4) is 0 Å². The minimum atomic E-state index is -3.76. The molecule has 10 heteroatoms. The highest BCUT2D eigenvalue weighted by molar-refractivity contribution is 7.86. The molecule has 2 aromatic rings. The summed E-state index contributed by atoms with van der Waals surface area (Å²) in [7, 11) is -3.76. The maximum Gasteiger partial charge on any atom is 0.282 e. The number of carbonyl (C=O) groups is 1. The van der Waals surface area contributed by atoms with E-state index in [1.807, 2.05) is 30.3 Å². The number of benzene rings is 1. The van der Waals surface area contributed by atoms with E-state index in [4.69, 9.17) is 16.8 Å². The van der Waals surface area contributed by atoms with Crippen molar-refractivity contribution >= 4 is 27.7 Å². The van der Waals surface area contributed by atoms with Crippen LogP contribution < -0.4 is 5.48 Å². The number of aromatic nitrogens is 1. The Balaban J connectivity index is 1.42. The van der Waals surface area contributed by atoms with Crippen molar-refractivity contribution in [1.29, 1.82) is 0 Å². The average molecular weight is 467 g/mol. The Morgan fingerprint density at radius 2 is 1.74 bits per heavy atom. The van der Waals surface area contributed by atoms with Crippen LogP contribution in [-0.2, 0) is 15.0 Å². The third-order valence-corrected chi connectivity index (χ3v) is 8.55. The number of hydrogen-bond donors (Lipinski definition) is 3. The summed E-state index contributed by atoms with van der Waals surface area (Å²) in [5.41, 5.74) is 4.76. The van der Waals surface area contributed by atoms with Crippen LogP contribution >= 0.6 is 11.6 Å².